The van der Waals surface area contributed by atoms with Crippen LogP contribution < -0.4 is 30.1 Å². The van der Waals surface area contributed by atoms with Gasteiger partial charge in [0.05, 0.1) is 48.4 Å². The fraction of sp³-hybridized carbons (Fsp3) is 0.524. The summed E-state index contributed by atoms with van der Waals surface area (Å²) in [5, 5.41) is 39.0. The number of esters is 1. The lowest BCUT2D eigenvalue weighted by Crippen LogP contribution is -2.51. The average Bonchev–Trinajstić information content (AvgIpc) is 3.85. The summed E-state index contributed by atoms with van der Waals surface area (Å²) in [6, 6.07) is 4.12. The molecule has 12 heteroatoms. The molecule has 1 aliphatic carbocycles. The quantitative estimate of drug-likeness (QED) is 0.243. The Kier molecular flexibility index (Phi) is 9.97. The third-order valence-corrected chi connectivity index (χ3v) is 12.4. The van der Waals surface area contributed by atoms with Crippen LogP contribution >= 0.6 is 0 Å². The van der Waals surface area contributed by atoms with Crippen LogP contribution in [0.4, 0.5) is 0 Å². The van der Waals surface area contributed by atoms with Crippen LogP contribution in [0.2, 0.25) is 0 Å². The third-order valence-electron chi connectivity index (χ3n) is 12.4. The number of ether oxygens (including phenoxy) is 4. The normalized spacial score (nSPS) is 24.7. The molecule has 1 saturated heterocycles. The first kappa shape index (κ1) is 36.6. The van der Waals surface area contributed by atoms with E-state index in [1.165, 1.54) is 0 Å². The monoisotopic (exact) mass is 740 g/mol. The summed E-state index contributed by atoms with van der Waals surface area (Å²) in [6.07, 6.45) is 5.68. The molecule has 2 aromatic rings. The molecule has 4 N–H and O–H groups in total. The van der Waals surface area contributed by atoms with Crippen molar-refractivity contribution in [2.75, 3.05) is 39.5 Å². The van der Waals surface area contributed by atoms with E-state index in [4.69, 9.17) is 18.9 Å². The van der Waals surface area contributed by atoms with Crippen molar-refractivity contribution in [3.05, 3.63) is 67.4 Å². The van der Waals surface area contributed by atoms with Crippen molar-refractivity contribution >= 4 is 29.7 Å². The van der Waals surface area contributed by atoms with Gasteiger partial charge in [-0.15, -0.1) is 0 Å². The number of carbonyl (C=O) groups is 3. The molecular formula is C42H48N2O10. The number of hydrogen-bond donors (Lipinski definition) is 4. The van der Waals surface area contributed by atoms with E-state index in [2.05, 4.69) is 22.4 Å². The Labute approximate surface area is 313 Å². The van der Waals surface area contributed by atoms with Gasteiger partial charge in [-0.2, -0.15) is 0 Å². The van der Waals surface area contributed by atoms with E-state index in [-0.39, 0.29) is 79.3 Å². The summed E-state index contributed by atoms with van der Waals surface area (Å²) in [5.41, 5.74) is 3.06. The van der Waals surface area contributed by atoms with Crippen LogP contribution in [-0.2, 0) is 38.6 Å². The van der Waals surface area contributed by atoms with E-state index < -0.39 is 30.2 Å². The summed E-state index contributed by atoms with van der Waals surface area (Å²) in [6.45, 7) is 4.99. The van der Waals surface area contributed by atoms with Crippen LogP contribution in [0.25, 0.3) is 11.6 Å². The highest BCUT2D eigenvalue weighted by Gasteiger charge is 2.49. The van der Waals surface area contributed by atoms with Crippen LogP contribution in [0.3, 0.4) is 0 Å². The Morgan fingerprint density at radius 3 is 2.65 bits per heavy atom. The number of aldehydes is 1. The number of nitrogens with one attached hydrogen (secondary N) is 1. The number of aryl methyl sites for hydroxylation is 1. The SMILES string of the molecule is CCOC(=O)C1=C(C=O)C2=C3CCC(=O)C(C3)c3cc4c(cc3CCC(CO)COc3c5c(c(CO)c(c32)O1)OC(C(C)(O)C1CCNCC1)C5)=NCC=4. The van der Waals surface area contributed by atoms with E-state index in [0.29, 0.717) is 60.3 Å². The molecule has 1 saturated carbocycles. The topological polar surface area (TPSA) is 173 Å². The molecule has 5 heterocycles. The minimum Gasteiger partial charge on any atom is -0.492 e. The van der Waals surface area contributed by atoms with Crippen molar-refractivity contribution in [1.82, 2.24) is 5.32 Å². The van der Waals surface area contributed by atoms with E-state index >= 15 is 0 Å². The summed E-state index contributed by atoms with van der Waals surface area (Å²) in [4.78, 5) is 45.4. The van der Waals surface area contributed by atoms with Crippen molar-refractivity contribution in [3.8, 4) is 17.2 Å². The van der Waals surface area contributed by atoms with Crippen molar-refractivity contribution in [3.63, 3.8) is 0 Å². The number of ketones is 1. The van der Waals surface area contributed by atoms with Gasteiger partial charge in [-0.1, -0.05) is 11.6 Å². The highest BCUT2D eigenvalue weighted by molar-refractivity contribution is 6.11. The Bertz CT molecular complexity index is 2090. The zero-order chi connectivity index (χ0) is 37.7. The van der Waals surface area contributed by atoms with Gasteiger partial charge in [0.1, 0.15) is 34.7 Å². The number of allylic oxidation sites excluding steroid dienone is 3. The minimum atomic E-state index is -1.24. The molecule has 54 heavy (non-hydrogen) atoms. The number of Topliss-reactive ketones (excluding diaryl/α,β-unsaturated/α-hetero) is 1. The Hall–Kier alpha value is -4.36. The maximum Gasteiger partial charge on any atom is 0.375 e. The lowest BCUT2D eigenvalue weighted by molar-refractivity contribution is -0.141. The number of aliphatic hydroxyl groups excluding tert-OH is 2. The second-order valence-electron chi connectivity index (χ2n) is 15.5. The zero-order valence-electron chi connectivity index (χ0n) is 30.9. The number of benzene rings is 2. The molecule has 286 valence electrons. The molecule has 4 atom stereocenters. The van der Waals surface area contributed by atoms with Crippen molar-refractivity contribution in [2.45, 2.75) is 89.4 Å². The molecule has 0 aromatic heterocycles. The summed E-state index contributed by atoms with van der Waals surface area (Å²) < 4.78 is 25.2. The Morgan fingerprint density at radius 1 is 1.09 bits per heavy atom. The Morgan fingerprint density at radius 2 is 1.91 bits per heavy atom. The number of nitrogens with zero attached hydrogens (tertiary/aromatic N) is 1. The first-order valence-corrected chi connectivity index (χ1v) is 19.3. The van der Waals surface area contributed by atoms with Gasteiger partial charge in [0.15, 0.2) is 6.29 Å². The fourth-order valence-corrected chi connectivity index (χ4v) is 9.32. The van der Waals surface area contributed by atoms with Gasteiger partial charge in [-0.3, -0.25) is 14.6 Å². The lowest BCUT2D eigenvalue weighted by Gasteiger charge is -2.39. The number of rotatable bonds is 7. The molecule has 2 aromatic carbocycles. The van der Waals surface area contributed by atoms with Crippen molar-refractivity contribution < 1.29 is 48.7 Å². The largest absolute Gasteiger partial charge is 0.492 e. The summed E-state index contributed by atoms with van der Waals surface area (Å²) >= 11 is 0. The number of piperidine rings is 1. The molecule has 2 fully saturated rings. The maximum absolute atomic E-state index is 13.9. The van der Waals surface area contributed by atoms with E-state index in [9.17, 15) is 29.7 Å². The molecule has 4 unspecified atom stereocenters. The summed E-state index contributed by atoms with van der Waals surface area (Å²) in [7, 11) is 0. The van der Waals surface area contributed by atoms with Crippen LogP contribution in [-0.4, -0.2) is 84.5 Å². The second-order valence-corrected chi connectivity index (χ2v) is 15.5. The highest BCUT2D eigenvalue weighted by atomic mass is 16.6. The third kappa shape index (κ3) is 6.17. The van der Waals surface area contributed by atoms with Crippen LogP contribution in [0.15, 0.2) is 34.0 Å². The number of carbonyl (C=O) groups excluding carboxylic acids is 3. The number of fused-ring (bicyclic) bond motifs is 7. The molecule has 0 spiro atoms. The van der Waals surface area contributed by atoms with Gasteiger partial charge in [0, 0.05) is 42.4 Å². The standard InChI is InChI=1S/C42H48N2O10/c1-3-51-41(49)40-30(19-46)35-25-6-7-33(48)28(15-25)27-14-24-8-13-44-32(24)16-23(27)5-4-22(18-45)21-52-38-29-17-34(42(2,50)26-9-11-43-12-10-26)53-37(29)31(20-47)39(54-40)36(35)38/h8,14,16,19,22,26,28,34,43,45,47,50H,3-7,9-13,15,17-18,20-21H2,1-2H3. The second kappa shape index (κ2) is 14.7. The molecule has 2 bridgehead atoms. The predicted molar refractivity (Wildman–Crippen MR) is 197 cm³/mol. The van der Waals surface area contributed by atoms with Crippen molar-refractivity contribution in [2.24, 2.45) is 16.8 Å². The maximum atomic E-state index is 13.9. The first-order chi connectivity index (χ1) is 26.2. The van der Waals surface area contributed by atoms with E-state index in [1.54, 1.807) is 13.8 Å². The number of hydrogen-bond acceptors (Lipinski definition) is 12. The molecule has 0 amide bonds. The predicted octanol–water partition coefficient (Wildman–Crippen LogP) is 2.28. The van der Waals surface area contributed by atoms with Crippen molar-refractivity contribution in [1.29, 1.82) is 0 Å². The van der Waals surface area contributed by atoms with Gasteiger partial charge in [-0.05, 0) is 99.9 Å². The van der Waals surface area contributed by atoms with E-state index in [1.807, 2.05) is 6.08 Å². The van der Waals surface area contributed by atoms with Gasteiger partial charge in [0.2, 0.25) is 5.76 Å². The molecule has 12 nitrogen and oxygen atoms in total. The fourth-order valence-electron chi connectivity index (χ4n) is 9.32. The van der Waals surface area contributed by atoms with Crippen LogP contribution in [0.1, 0.15) is 86.1 Å². The van der Waals surface area contributed by atoms with Gasteiger partial charge < -0.3 is 39.6 Å². The highest BCUT2D eigenvalue weighted by Crippen LogP contribution is 2.57. The first-order valence-electron chi connectivity index (χ1n) is 19.3. The van der Waals surface area contributed by atoms with Gasteiger partial charge in [-0.25, -0.2) is 4.79 Å². The van der Waals surface area contributed by atoms with Crippen LogP contribution in [0.5, 0.6) is 17.2 Å². The molecule has 6 aliphatic rings. The summed E-state index contributed by atoms with van der Waals surface area (Å²) in [5.74, 6) is -1.23. The minimum absolute atomic E-state index is 0.0233. The molecular weight excluding hydrogens is 692 g/mol. The van der Waals surface area contributed by atoms with E-state index in [0.717, 1.165) is 53.2 Å². The molecule has 8 rings (SSSR count). The molecule has 5 aliphatic heterocycles. The molecule has 0 radical (unpaired) electrons. The van der Waals surface area contributed by atoms with Crippen LogP contribution in [0, 0.1) is 11.8 Å². The Balaban J connectivity index is 1.37. The zero-order valence-corrected chi connectivity index (χ0v) is 30.9. The lowest BCUT2D eigenvalue weighted by atomic mass is 9.74. The smallest absolute Gasteiger partial charge is 0.375 e. The van der Waals surface area contributed by atoms with Gasteiger partial charge in [0.25, 0.3) is 0 Å². The average molecular weight is 741 g/mol. The number of aliphatic hydroxyl groups is 3. The van der Waals surface area contributed by atoms with Gasteiger partial charge >= 0.3 is 5.97 Å².